The zero-order chi connectivity index (χ0) is 9.19. The van der Waals surface area contributed by atoms with Crippen molar-refractivity contribution in [3.63, 3.8) is 0 Å². The van der Waals surface area contributed by atoms with Gasteiger partial charge in [-0.1, -0.05) is 0 Å². The van der Waals surface area contributed by atoms with Gasteiger partial charge in [0.2, 0.25) is 0 Å². The number of hydrogen-bond donors (Lipinski definition) is 1. The predicted molar refractivity (Wildman–Crippen MR) is 38.5 cm³/mol. The third-order valence-corrected chi connectivity index (χ3v) is 1.31. The first-order chi connectivity index (χ1) is 5.53. The second-order valence-corrected chi connectivity index (χ2v) is 2.61. The van der Waals surface area contributed by atoms with Gasteiger partial charge in [-0.2, -0.15) is 5.10 Å². The minimum Gasteiger partial charge on any atom is -0.324 e. The fourth-order valence-corrected chi connectivity index (χ4v) is 0.841. The summed E-state index contributed by atoms with van der Waals surface area (Å²) in [6, 6.07) is 0. The van der Waals surface area contributed by atoms with Gasteiger partial charge in [-0.25, -0.2) is 18.4 Å². The molecule has 68 valence electrons. The maximum atomic E-state index is 12.5. The van der Waals surface area contributed by atoms with Crippen LogP contribution in [0.25, 0.3) is 0 Å². The summed E-state index contributed by atoms with van der Waals surface area (Å²) < 4.78 is 26.1. The molecule has 0 spiro atoms. The summed E-state index contributed by atoms with van der Waals surface area (Å²) in [6.45, 7) is 0.477. The van der Waals surface area contributed by atoms with Crippen molar-refractivity contribution in [2.45, 2.75) is 25.9 Å². The molecule has 0 aliphatic rings. The Bertz CT molecular complexity index is 252. The van der Waals surface area contributed by atoms with Gasteiger partial charge in [0.15, 0.2) is 0 Å². The van der Waals surface area contributed by atoms with Crippen LogP contribution in [0.3, 0.4) is 0 Å². The van der Waals surface area contributed by atoms with Crippen LogP contribution in [-0.2, 0) is 13.1 Å². The molecule has 1 heterocycles. The van der Waals surface area contributed by atoms with Gasteiger partial charge in [-0.05, 0) is 0 Å². The van der Waals surface area contributed by atoms with E-state index in [0.29, 0.717) is 5.82 Å². The smallest absolute Gasteiger partial charge is 0.264 e. The number of nitrogens with zero attached hydrogens (tertiary/aromatic N) is 3. The van der Waals surface area contributed by atoms with E-state index in [1.807, 2.05) is 0 Å². The fraction of sp³-hybridized carbons (Fsp3) is 0.667. The third kappa shape index (κ3) is 2.23. The molecule has 0 aliphatic heterocycles. The van der Waals surface area contributed by atoms with Crippen molar-refractivity contribution in [2.24, 2.45) is 5.73 Å². The first kappa shape index (κ1) is 9.05. The average molecular weight is 176 g/mol. The molecule has 6 heteroatoms. The van der Waals surface area contributed by atoms with Crippen LogP contribution in [0.1, 0.15) is 12.7 Å². The molecule has 0 saturated heterocycles. The van der Waals surface area contributed by atoms with Crippen LogP contribution in [0.2, 0.25) is 0 Å². The van der Waals surface area contributed by atoms with Crippen molar-refractivity contribution >= 4 is 0 Å². The Morgan fingerprint density at radius 3 is 2.83 bits per heavy atom. The maximum Gasteiger partial charge on any atom is 0.264 e. The lowest BCUT2D eigenvalue weighted by atomic mass is 10.4. The molecule has 12 heavy (non-hydrogen) atoms. The van der Waals surface area contributed by atoms with Crippen LogP contribution in [0.15, 0.2) is 6.33 Å². The zero-order valence-corrected chi connectivity index (χ0v) is 6.67. The van der Waals surface area contributed by atoms with Crippen LogP contribution in [0, 0.1) is 0 Å². The number of halogens is 2. The number of rotatable bonds is 3. The Kier molecular flexibility index (Phi) is 2.37. The van der Waals surface area contributed by atoms with Gasteiger partial charge in [0.05, 0.1) is 6.54 Å². The van der Waals surface area contributed by atoms with Crippen molar-refractivity contribution in [3.8, 4) is 0 Å². The highest BCUT2D eigenvalue weighted by Crippen LogP contribution is 2.14. The number of hydrogen-bond acceptors (Lipinski definition) is 3. The summed E-state index contributed by atoms with van der Waals surface area (Å²) in [6.07, 6.45) is 1.22. The summed E-state index contributed by atoms with van der Waals surface area (Å²) in [5.41, 5.74) is 5.25. The minimum absolute atomic E-state index is 0.121. The second kappa shape index (κ2) is 3.14. The van der Waals surface area contributed by atoms with Crippen molar-refractivity contribution in [3.05, 3.63) is 12.2 Å². The Morgan fingerprint density at radius 1 is 1.67 bits per heavy atom. The summed E-state index contributed by atoms with van der Waals surface area (Å²) in [7, 11) is 0. The zero-order valence-electron chi connectivity index (χ0n) is 6.67. The Hall–Kier alpha value is -1.04. The lowest BCUT2D eigenvalue weighted by Crippen LogP contribution is -2.22. The second-order valence-electron chi connectivity index (χ2n) is 2.61. The SMILES string of the molecule is CC(F)(F)Cn1ncnc1CN. The van der Waals surface area contributed by atoms with Crippen LogP contribution in [0.4, 0.5) is 8.78 Å². The van der Waals surface area contributed by atoms with Crippen molar-refractivity contribution in [1.29, 1.82) is 0 Å². The first-order valence-electron chi connectivity index (χ1n) is 3.47. The molecule has 0 fully saturated rings. The first-order valence-corrected chi connectivity index (χ1v) is 3.47. The highest BCUT2D eigenvalue weighted by Gasteiger charge is 2.23. The molecule has 1 rings (SSSR count). The Morgan fingerprint density at radius 2 is 2.33 bits per heavy atom. The lowest BCUT2D eigenvalue weighted by Gasteiger charge is -2.10. The van der Waals surface area contributed by atoms with E-state index in [1.165, 1.54) is 6.33 Å². The quantitative estimate of drug-likeness (QED) is 0.724. The monoisotopic (exact) mass is 176 g/mol. The summed E-state index contributed by atoms with van der Waals surface area (Å²) >= 11 is 0. The number of nitrogens with two attached hydrogens (primary N) is 1. The van der Waals surface area contributed by atoms with E-state index in [-0.39, 0.29) is 6.54 Å². The van der Waals surface area contributed by atoms with Crippen LogP contribution < -0.4 is 5.73 Å². The molecule has 0 bridgehead atoms. The average Bonchev–Trinajstić information content (AvgIpc) is 2.31. The van der Waals surface area contributed by atoms with Gasteiger partial charge in [0.1, 0.15) is 18.7 Å². The fourth-order valence-electron chi connectivity index (χ4n) is 0.841. The van der Waals surface area contributed by atoms with Crippen molar-refractivity contribution in [2.75, 3.05) is 0 Å². The highest BCUT2D eigenvalue weighted by atomic mass is 19.3. The van der Waals surface area contributed by atoms with E-state index >= 15 is 0 Å². The molecule has 0 saturated carbocycles. The largest absolute Gasteiger partial charge is 0.324 e. The van der Waals surface area contributed by atoms with E-state index in [9.17, 15) is 8.78 Å². The molecular formula is C6H10F2N4. The molecule has 1 aromatic rings. The molecule has 1 aromatic heterocycles. The van der Waals surface area contributed by atoms with E-state index in [0.717, 1.165) is 11.6 Å². The highest BCUT2D eigenvalue weighted by molar-refractivity contribution is 4.83. The lowest BCUT2D eigenvalue weighted by molar-refractivity contribution is -0.000333. The summed E-state index contributed by atoms with van der Waals surface area (Å²) in [5.74, 6) is -2.41. The molecular weight excluding hydrogens is 166 g/mol. The number of aromatic nitrogens is 3. The van der Waals surface area contributed by atoms with Crippen LogP contribution >= 0.6 is 0 Å². The molecule has 4 nitrogen and oxygen atoms in total. The van der Waals surface area contributed by atoms with E-state index in [2.05, 4.69) is 10.1 Å². The maximum absolute atomic E-state index is 12.5. The molecule has 0 amide bonds. The molecule has 0 atom stereocenters. The van der Waals surface area contributed by atoms with Gasteiger partial charge in [-0.15, -0.1) is 0 Å². The van der Waals surface area contributed by atoms with E-state index in [1.54, 1.807) is 0 Å². The van der Waals surface area contributed by atoms with Crippen LogP contribution in [0.5, 0.6) is 0 Å². The minimum atomic E-state index is -2.78. The van der Waals surface area contributed by atoms with Gasteiger partial charge in [-0.3, -0.25) is 0 Å². The van der Waals surface area contributed by atoms with Gasteiger partial charge in [0.25, 0.3) is 5.92 Å². The Labute approximate surface area is 68.4 Å². The molecule has 0 radical (unpaired) electrons. The van der Waals surface area contributed by atoms with Crippen molar-refractivity contribution in [1.82, 2.24) is 14.8 Å². The topological polar surface area (TPSA) is 56.7 Å². The summed E-state index contributed by atoms with van der Waals surface area (Å²) in [4.78, 5) is 3.71. The Balaban J connectivity index is 2.75. The third-order valence-electron chi connectivity index (χ3n) is 1.31. The number of alkyl halides is 2. The molecule has 0 unspecified atom stereocenters. The normalized spacial score (nSPS) is 12.0. The van der Waals surface area contributed by atoms with Gasteiger partial charge in [0, 0.05) is 6.92 Å². The van der Waals surface area contributed by atoms with Gasteiger partial charge >= 0.3 is 0 Å². The standard InChI is InChI=1S/C6H10F2N4/c1-6(7,8)3-12-5(2-9)10-4-11-12/h4H,2-3,9H2,1H3. The molecule has 0 aliphatic carbocycles. The van der Waals surface area contributed by atoms with Gasteiger partial charge < -0.3 is 5.73 Å². The molecule has 0 aromatic carbocycles. The summed E-state index contributed by atoms with van der Waals surface area (Å²) in [5, 5.41) is 3.62. The van der Waals surface area contributed by atoms with Crippen LogP contribution in [-0.4, -0.2) is 20.7 Å². The molecule has 2 N–H and O–H groups in total. The predicted octanol–water partition coefficient (Wildman–Crippen LogP) is 0.392. The van der Waals surface area contributed by atoms with E-state index in [4.69, 9.17) is 5.73 Å². The van der Waals surface area contributed by atoms with E-state index < -0.39 is 12.5 Å². The van der Waals surface area contributed by atoms with Crippen molar-refractivity contribution < 1.29 is 8.78 Å².